The van der Waals surface area contributed by atoms with Crippen molar-refractivity contribution in [2.24, 2.45) is 0 Å². The Morgan fingerprint density at radius 1 is 1.00 bits per heavy atom. The molecule has 0 spiro atoms. The molecule has 3 nitrogen and oxygen atoms in total. The molecule has 0 aliphatic heterocycles. The summed E-state index contributed by atoms with van der Waals surface area (Å²) in [5.41, 5.74) is 0. The molecule has 1 amide bonds. The van der Waals surface area contributed by atoms with Gasteiger partial charge in [-0.3, -0.25) is 4.79 Å². The smallest absolute Gasteiger partial charge is 0.234 e. The quantitative estimate of drug-likeness (QED) is 0.709. The van der Waals surface area contributed by atoms with Crippen LogP contribution < -0.4 is 10.6 Å². The van der Waals surface area contributed by atoms with Gasteiger partial charge in [0, 0.05) is 12.1 Å². The van der Waals surface area contributed by atoms with Gasteiger partial charge in [-0.05, 0) is 25.7 Å². The molecule has 2 rings (SSSR count). The van der Waals surface area contributed by atoms with E-state index < -0.39 is 0 Å². The third-order valence-corrected chi connectivity index (χ3v) is 3.10. The Morgan fingerprint density at radius 3 is 2.36 bits per heavy atom. The highest BCUT2D eigenvalue weighted by Gasteiger charge is 2.22. The molecule has 0 atom stereocenters. The zero-order valence-corrected chi connectivity index (χ0v) is 8.72. The van der Waals surface area contributed by atoms with Crippen LogP contribution in [0, 0.1) is 0 Å². The van der Waals surface area contributed by atoms with E-state index in [1.54, 1.807) is 0 Å². The van der Waals surface area contributed by atoms with E-state index in [9.17, 15) is 4.79 Å². The van der Waals surface area contributed by atoms with Gasteiger partial charge in [-0.2, -0.15) is 0 Å². The van der Waals surface area contributed by atoms with Gasteiger partial charge in [0.05, 0.1) is 6.54 Å². The summed E-state index contributed by atoms with van der Waals surface area (Å²) < 4.78 is 0. The largest absolute Gasteiger partial charge is 0.352 e. The number of rotatable bonds is 4. The monoisotopic (exact) mass is 196 g/mol. The van der Waals surface area contributed by atoms with Crippen LogP contribution in [0.2, 0.25) is 0 Å². The summed E-state index contributed by atoms with van der Waals surface area (Å²) >= 11 is 0. The van der Waals surface area contributed by atoms with Crippen molar-refractivity contribution >= 4 is 5.91 Å². The van der Waals surface area contributed by atoms with E-state index in [1.807, 2.05) is 0 Å². The van der Waals surface area contributed by atoms with E-state index in [4.69, 9.17) is 0 Å². The Morgan fingerprint density at radius 2 is 1.71 bits per heavy atom. The van der Waals surface area contributed by atoms with E-state index in [0.29, 0.717) is 18.6 Å². The van der Waals surface area contributed by atoms with Crippen LogP contribution in [0.3, 0.4) is 0 Å². The van der Waals surface area contributed by atoms with Gasteiger partial charge >= 0.3 is 0 Å². The van der Waals surface area contributed by atoms with Gasteiger partial charge in [0.15, 0.2) is 0 Å². The Bertz CT molecular complexity index is 195. The minimum absolute atomic E-state index is 0.184. The lowest BCUT2D eigenvalue weighted by Crippen LogP contribution is -2.41. The molecule has 80 valence electrons. The molecule has 0 aromatic rings. The number of amides is 1. The summed E-state index contributed by atoms with van der Waals surface area (Å²) in [4.78, 5) is 11.5. The number of nitrogens with one attached hydrogen (secondary N) is 2. The highest BCUT2D eigenvalue weighted by atomic mass is 16.1. The van der Waals surface area contributed by atoms with Crippen LogP contribution in [0.25, 0.3) is 0 Å². The summed E-state index contributed by atoms with van der Waals surface area (Å²) in [7, 11) is 0. The van der Waals surface area contributed by atoms with Crippen LogP contribution in [0.5, 0.6) is 0 Å². The van der Waals surface area contributed by atoms with E-state index >= 15 is 0 Å². The van der Waals surface area contributed by atoms with Crippen LogP contribution >= 0.6 is 0 Å². The first kappa shape index (κ1) is 9.97. The van der Waals surface area contributed by atoms with Crippen molar-refractivity contribution in [3.8, 4) is 0 Å². The molecule has 2 N–H and O–H groups in total. The van der Waals surface area contributed by atoms with Gasteiger partial charge < -0.3 is 10.6 Å². The summed E-state index contributed by atoms with van der Waals surface area (Å²) in [6, 6.07) is 1.09. The van der Waals surface area contributed by atoms with Crippen molar-refractivity contribution < 1.29 is 4.79 Å². The van der Waals surface area contributed by atoms with Crippen LogP contribution in [-0.4, -0.2) is 24.5 Å². The predicted molar refractivity (Wildman–Crippen MR) is 56.0 cm³/mol. The van der Waals surface area contributed by atoms with Crippen LogP contribution in [0.4, 0.5) is 0 Å². The van der Waals surface area contributed by atoms with Crippen molar-refractivity contribution in [2.45, 2.75) is 57.0 Å². The van der Waals surface area contributed by atoms with Crippen LogP contribution in [0.1, 0.15) is 44.9 Å². The Labute approximate surface area is 85.6 Å². The molecule has 0 radical (unpaired) electrons. The Hall–Kier alpha value is -0.570. The maximum absolute atomic E-state index is 11.5. The van der Waals surface area contributed by atoms with Gasteiger partial charge in [0.2, 0.25) is 5.91 Å². The highest BCUT2D eigenvalue weighted by molar-refractivity contribution is 5.78. The standard InChI is InChI=1S/C11H20N2O/c14-11(8-12-9-6-7-9)13-10-4-2-1-3-5-10/h9-10,12H,1-8H2,(H,13,14). The third kappa shape index (κ3) is 3.29. The zero-order valence-electron chi connectivity index (χ0n) is 8.72. The fourth-order valence-electron chi connectivity index (χ4n) is 2.05. The second-order valence-corrected chi connectivity index (χ2v) is 4.56. The third-order valence-electron chi connectivity index (χ3n) is 3.10. The van der Waals surface area contributed by atoms with Crippen LogP contribution in [0.15, 0.2) is 0 Å². The lowest BCUT2D eigenvalue weighted by atomic mass is 9.95. The predicted octanol–water partition coefficient (Wildman–Crippen LogP) is 1.19. The minimum atomic E-state index is 0.184. The molecule has 0 unspecified atom stereocenters. The molecule has 0 heterocycles. The molecule has 2 fully saturated rings. The van der Waals surface area contributed by atoms with Gasteiger partial charge in [-0.25, -0.2) is 0 Å². The molecular formula is C11H20N2O. The second kappa shape index (κ2) is 4.78. The van der Waals surface area contributed by atoms with E-state index in [0.717, 1.165) is 0 Å². The lowest BCUT2D eigenvalue weighted by molar-refractivity contribution is -0.121. The van der Waals surface area contributed by atoms with Gasteiger partial charge in [0.25, 0.3) is 0 Å². The molecule has 2 aliphatic rings. The van der Waals surface area contributed by atoms with Crippen molar-refractivity contribution in [3.05, 3.63) is 0 Å². The normalized spacial score (nSPS) is 23.4. The molecule has 0 saturated heterocycles. The van der Waals surface area contributed by atoms with E-state index in [2.05, 4.69) is 10.6 Å². The lowest BCUT2D eigenvalue weighted by Gasteiger charge is -2.22. The van der Waals surface area contributed by atoms with Crippen molar-refractivity contribution in [1.29, 1.82) is 0 Å². The molecule has 2 saturated carbocycles. The maximum Gasteiger partial charge on any atom is 0.234 e. The molecule has 0 aromatic carbocycles. The number of hydrogen-bond donors (Lipinski definition) is 2. The maximum atomic E-state index is 11.5. The summed E-state index contributed by atoms with van der Waals surface area (Å²) in [5.74, 6) is 0.184. The highest BCUT2D eigenvalue weighted by Crippen LogP contribution is 2.18. The summed E-state index contributed by atoms with van der Waals surface area (Å²) in [6.45, 7) is 0.515. The zero-order chi connectivity index (χ0) is 9.80. The molecule has 0 bridgehead atoms. The van der Waals surface area contributed by atoms with Crippen LogP contribution in [-0.2, 0) is 4.79 Å². The number of hydrogen-bond acceptors (Lipinski definition) is 2. The molecular weight excluding hydrogens is 176 g/mol. The molecule has 0 aromatic heterocycles. The van der Waals surface area contributed by atoms with E-state index in [-0.39, 0.29) is 5.91 Å². The first-order valence-corrected chi connectivity index (χ1v) is 5.87. The summed E-state index contributed by atoms with van der Waals surface area (Å²) in [5, 5.41) is 6.33. The molecule has 3 heteroatoms. The Balaban J connectivity index is 1.59. The van der Waals surface area contributed by atoms with Crippen molar-refractivity contribution in [3.63, 3.8) is 0 Å². The molecule has 2 aliphatic carbocycles. The fraction of sp³-hybridized carbons (Fsp3) is 0.909. The first-order chi connectivity index (χ1) is 6.84. The number of carbonyl (C=O) groups is 1. The Kier molecular flexibility index (Phi) is 3.40. The van der Waals surface area contributed by atoms with E-state index in [1.165, 1.54) is 44.9 Å². The van der Waals surface area contributed by atoms with Gasteiger partial charge in [0.1, 0.15) is 0 Å². The first-order valence-electron chi connectivity index (χ1n) is 5.87. The van der Waals surface area contributed by atoms with Gasteiger partial charge in [-0.1, -0.05) is 19.3 Å². The average molecular weight is 196 g/mol. The van der Waals surface area contributed by atoms with Gasteiger partial charge in [-0.15, -0.1) is 0 Å². The molecule has 14 heavy (non-hydrogen) atoms. The second-order valence-electron chi connectivity index (χ2n) is 4.56. The summed E-state index contributed by atoms with van der Waals surface area (Å²) in [6.07, 6.45) is 8.74. The minimum Gasteiger partial charge on any atom is -0.352 e. The van der Waals surface area contributed by atoms with Crippen molar-refractivity contribution in [1.82, 2.24) is 10.6 Å². The topological polar surface area (TPSA) is 41.1 Å². The SMILES string of the molecule is O=C(CNC1CC1)NC1CCCCC1. The fourth-order valence-corrected chi connectivity index (χ4v) is 2.05. The van der Waals surface area contributed by atoms with Crippen molar-refractivity contribution in [2.75, 3.05) is 6.54 Å². The average Bonchev–Trinajstić information content (AvgIpc) is 3.00. The number of carbonyl (C=O) groups excluding carboxylic acids is 1.